The SMILES string of the molecule is COC(=O)[C@@H]1O[C@@H](COCc2ccccc2)[C@H]1OCc1ccccc1. The minimum Gasteiger partial charge on any atom is -0.467 e. The van der Waals surface area contributed by atoms with Crippen molar-refractivity contribution >= 4 is 5.97 Å². The second-order valence-corrected chi connectivity index (χ2v) is 5.88. The molecule has 3 rings (SSSR count). The number of rotatable bonds is 8. The van der Waals surface area contributed by atoms with Crippen LogP contribution in [-0.4, -0.2) is 38.0 Å². The van der Waals surface area contributed by atoms with E-state index in [0.29, 0.717) is 19.8 Å². The van der Waals surface area contributed by atoms with Crippen LogP contribution in [0.2, 0.25) is 0 Å². The molecule has 0 radical (unpaired) electrons. The molecule has 1 aliphatic heterocycles. The number of hydrogen-bond donors (Lipinski definition) is 0. The quantitative estimate of drug-likeness (QED) is 0.691. The van der Waals surface area contributed by atoms with Crippen molar-refractivity contribution in [1.29, 1.82) is 0 Å². The molecule has 1 aliphatic rings. The predicted octanol–water partition coefficient (Wildman–Crippen LogP) is 2.73. The van der Waals surface area contributed by atoms with Gasteiger partial charge in [-0.05, 0) is 11.1 Å². The van der Waals surface area contributed by atoms with Crippen LogP contribution >= 0.6 is 0 Å². The molecule has 132 valence electrons. The van der Waals surface area contributed by atoms with E-state index in [0.717, 1.165) is 11.1 Å². The number of methoxy groups -OCH3 is 1. The van der Waals surface area contributed by atoms with Crippen molar-refractivity contribution in [3.05, 3.63) is 71.8 Å². The first-order valence-electron chi connectivity index (χ1n) is 8.28. The van der Waals surface area contributed by atoms with Gasteiger partial charge in [-0.3, -0.25) is 0 Å². The van der Waals surface area contributed by atoms with Crippen LogP contribution in [0, 0.1) is 0 Å². The summed E-state index contributed by atoms with van der Waals surface area (Å²) in [6.45, 7) is 1.27. The standard InChI is InChI=1S/C20H22O5/c1-22-20(21)19-18(24-13-16-10-6-3-7-11-16)17(25-19)14-23-12-15-8-4-2-5-9-15/h2-11,17-19H,12-14H2,1H3/t17-,18+,19+/m0/s1. The molecule has 1 fully saturated rings. The Morgan fingerprint density at radius 2 is 1.56 bits per heavy atom. The number of hydrogen-bond acceptors (Lipinski definition) is 5. The molecular weight excluding hydrogens is 320 g/mol. The zero-order valence-corrected chi connectivity index (χ0v) is 14.2. The van der Waals surface area contributed by atoms with Gasteiger partial charge in [0.25, 0.3) is 0 Å². The van der Waals surface area contributed by atoms with Crippen LogP contribution in [-0.2, 0) is 37.0 Å². The Bertz CT molecular complexity index is 658. The highest BCUT2D eigenvalue weighted by molar-refractivity contribution is 5.76. The van der Waals surface area contributed by atoms with E-state index < -0.39 is 12.1 Å². The molecule has 2 aromatic carbocycles. The van der Waals surface area contributed by atoms with Crippen molar-refractivity contribution < 1.29 is 23.7 Å². The first kappa shape index (κ1) is 17.6. The van der Waals surface area contributed by atoms with E-state index in [9.17, 15) is 4.79 Å². The first-order chi connectivity index (χ1) is 12.3. The molecule has 0 bridgehead atoms. The predicted molar refractivity (Wildman–Crippen MR) is 91.8 cm³/mol. The van der Waals surface area contributed by atoms with Crippen molar-refractivity contribution in [2.45, 2.75) is 31.5 Å². The highest BCUT2D eigenvalue weighted by Gasteiger charge is 2.48. The Balaban J connectivity index is 1.52. The van der Waals surface area contributed by atoms with Crippen molar-refractivity contribution in [2.24, 2.45) is 0 Å². The van der Waals surface area contributed by atoms with Crippen molar-refractivity contribution in [3.8, 4) is 0 Å². The van der Waals surface area contributed by atoms with Crippen LogP contribution in [0.3, 0.4) is 0 Å². The molecule has 1 saturated heterocycles. The van der Waals surface area contributed by atoms with E-state index in [-0.39, 0.29) is 12.2 Å². The molecule has 0 aliphatic carbocycles. The molecular formula is C20H22O5. The van der Waals surface area contributed by atoms with E-state index in [1.807, 2.05) is 60.7 Å². The van der Waals surface area contributed by atoms with E-state index in [4.69, 9.17) is 18.9 Å². The van der Waals surface area contributed by atoms with Gasteiger partial charge in [-0.2, -0.15) is 0 Å². The summed E-state index contributed by atoms with van der Waals surface area (Å²) in [5, 5.41) is 0. The smallest absolute Gasteiger partial charge is 0.337 e. The lowest BCUT2D eigenvalue weighted by Gasteiger charge is -2.42. The van der Waals surface area contributed by atoms with Gasteiger partial charge in [-0.1, -0.05) is 60.7 Å². The highest BCUT2D eigenvalue weighted by atomic mass is 16.6. The molecule has 0 unspecified atom stereocenters. The molecule has 5 nitrogen and oxygen atoms in total. The van der Waals surface area contributed by atoms with E-state index in [1.54, 1.807) is 0 Å². The van der Waals surface area contributed by atoms with Crippen LogP contribution in [0.4, 0.5) is 0 Å². The summed E-state index contributed by atoms with van der Waals surface area (Å²) in [4.78, 5) is 11.8. The molecule has 5 heteroatoms. The van der Waals surface area contributed by atoms with Gasteiger partial charge in [0.05, 0.1) is 26.9 Å². The summed E-state index contributed by atoms with van der Waals surface area (Å²) in [6.07, 6.45) is -1.35. The topological polar surface area (TPSA) is 54.0 Å². The van der Waals surface area contributed by atoms with E-state index in [2.05, 4.69) is 0 Å². The van der Waals surface area contributed by atoms with Crippen molar-refractivity contribution in [3.63, 3.8) is 0 Å². The first-order valence-corrected chi connectivity index (χ1v) is 8.28. The summed E-state index contributed by atoms with van der Waals surface area (Å²) in [6, 6.07) is 19.7. The molecule has 1 heterocycles. The summed E-state index contributed by atoms with van der Waals surface area (Å²) in [7, 11) is 1.35. The number of esters is 1. The minimum absolute atomic E-state index is 0.281. The van der Waals surface area contributed by atoms with E-state index >= 15 is 0 Å². The lowest BCUT2D eigenvalue weighted by atomic mass is 10.0. The fraction of sp³-hybridized carbons (Fsp3) is 0.350. The number of carbonyl (C=O) groups excluding carboxylic acids is 1. The van der Waals surface area contributed by atoms with Gasteiger partial charge < -0.3 is 18.9 Å². The van der Waals surface area contributed by atoms with Crippen LogP contribution in [0.25, 0.3) is 0 Å². The minimum atomic E-state index is -0.695. The average molecular weight is 342 g/mol. The van der Waals surface area contributed by atoms with Gasteiger partial charge in [0.15, 0.2) is 6.10 Å². The Labute approximate surface area is 147 Å². The summed E-state index contributed by atoms with van der Waals surface area (Å²) in [5.74, 6) is -0.419. The monoisotopic (exact) mass is 342 g/mol. The molecule has 0 saturated carbocycles. The van der Waals surface area contributed by atoms with Crippen molar-refractivity contribution in [2.75, 3.05) is 13.7 Å². The van der Waals surface area contributed by atoms with Crippen LogP contribution in [0.5, 0.6) is 0 Å². The van der Waals surface area contributed by atoms with Gasteiger partial charge in [0.1, 0.15) is 12.2 Å². The maximum absolute atomic E-state index is 11.8. The third-order valence-corrected chi connectivity index (χ3v) is 4.10. The van der Waals surface area contributed by atoms with Gasteiger partial charge >= 0.3 is 5.97 Å². The summed E-state index contributed by atoms with van der Waals surface area (Å²) in [5.41, 5.74) is 2.13. The lowest BCUT2D eigenvalue weighted by molar-refractivity contribution is -0.260. The fourth-order valence-electron chi connectivity index (χ4n) is 2.72. The molecule has 0 aromatic heterocycles. The van der Waals surface area contributed by atoms with Crippen molar-refractivity contribution in [1.82, 2.24) is 0 Å². The Morgan fingerprint density at radius 3 is 2.16 bits per heavy atom. The maximum atomic E-state index is 11.8. The Hall–Kier alpha value is -2.21. The Morgan fingerprint density at radius 1 is 0.960 bits per heavy atom. The average Bonchev–Trinajstić information content (AvgIpc) is 2.65. The molecule has 0 amide bonds. The lowest BCUT2D eigenvalue weighted by Crippen LogP contribution is -2.60. The third-order valence-electron chi connectivity index (χ3n) is 4.10. The second kappa shape index (κ2) is 8.76. The zero-order valence-electron chi connectivity index (χ0n) is 14.2. The third kappa shape index (κ3) is 4.66. The number of benzene rings is 2. The number of carbonyl (C=O) groups is 1. The van der Waals surface area contributed by atoms with Crippen LogP contribution in [0.15, 0.2) is 60.7 Å². The normalized spacial score (nSPS) is 22.2. The van der Waals surface area contributed by atoms with Crippen LogP contribution < -0.4 is 0 Å². The number of ether oxygens (including phenoxy) is 4. The summed E-state index contributed by atoms with van der Waals surface area (Å²) >= 11 is 0. The fourth-order valence-corrected chi connectivity index (χ4v) is 2.72. The van der Waals surface area contributed by atoms with Gasteiger partial charge in [0.2, 0.25) is 0 Å². The molecule has 2 aromatic rings. The zero-order chi connectivity index (χ0) is 17.5. The van der Waals surface area contributed by atoms with Gasteiger partial charge in [-0.25, -0.2) is 4.79 Å². The van der Waals surface area contributed by atoms with Gasteiger partial charge in [0, 0.05) is 0 Å². The molecule has 0 N–H and O–H groups in total. The van der Waals surface area contributed by atoms with Gasteiger partial charge in [-0.15, -0.1) is 0 Å². The van der Waals surface area contributed by atoms with Crippen LogP contribution in [0.1, 0.15) is 11.1 Å². The van der Waals surface area contributed by atoms with E-state index in [1.165, 1.54) is 7.11 Å². The largest absolute Gasteiger partial charge is 0.467 e. The second-order valence-electron chi connectivity index (χ2n) is 5.88. The molecule has 25 heavy (non-hydrogen) atoms. The summed E-state index contributed by atoms with van der Waals surface area (Å²) < 4.78 is 22.0. The highest BCUT2D eigenvalue weighted by Crippen LogP contribution is 2.27. The Kier molecular flexibility index (Phi) is 6.17. The maximum Gasteiger partial charge on any atom is 0.337 e. The molecule has 3 atom stereocenters. The molecule has 0 spiro atoms.